The lowest BCUT2D eigenvalue weighted by Gasteiger charge is -2.34. The molecule has 0 unspecified atom stereocenters. The quantitative estimate of drug-likeness (QED) is 0.900. The van der Waals surface area contributed by atoms with Crippen molar-refractivity contribution in [3.63, 3.8) is 0 Å². The van der Waals surface area contributed by atoms with Crippen molar-refractivity contribution in [1.82, 2.24) is 9.88 Å². The van der Waals surface area contributed by atoms with Crippen LogP contribution in [-0.2, 0) is 0 Å². The van der Waals surface area contributed by atoms with E-state index in [1.807, 2.05) is 19.1 Å². The molecule has 2 aromatic rings. The van der Waals surface area contributed by atoms with E-state index < -0.39 is 0 Å². The van der Waals surface area contributed by atoms with Crippen LogP contribution in [0.25, 0.3) is 0 Å². The normalized spacial score (nSPS) is 15.7. The van der Waals surface area contributed by atoms with Gasteiger partial charge in [0.25, 0.3) is 5.91 Å². The Morgan fingerprint density at radius 3 is 2.65 bits per heavy atom. The van der Waals surface area contributed by atoms with E-state index in [4.69, 9.17) is 5.73 Å². The fraction of sp³-hybridized carbons (Fsp3) is 0.375. The number of nitrogens with two attached hydrogens (primary N) is 1. The number of nitrogens with zero attached hydrogens (tertiary/aromatic N) is 3. The van der Waals surface area contributed by atoms with Crippen molar-refractivity contribution in [3.05, 3.63) is 35.5 Å². The molecule has 1 amide bonds. The van der Waals surface area contributed by atoms with Crippen LogP contribution in [0.15, 0.2) is 24.4 Å². The summed E-state index contributed by atoms with van der Waals surface area (Å²) in [5, 5.41) is 3.90. The van der Waals surface area contributed by atoms with E-state index in [1.165, 1.54) is 17.0 Å². The molecule has 1 aromatic heterocycles. The standard InChI is InChI=1S/C16H21N5OS/c1-11-9-12(21-7-5-20(2)6-8-21)3-4-13(11)15(22)19-16-18-10-14(17)23-16/h3-4,9-10H,5-8,17H2,1-2H3,(H,18,19,22). The van der Waals surface area contributed by atoms with Crippen LogP contribution in [0, 0.1) is 6.92 Å². The van der Waals surface area contributed by atoms with Crippen molar-refractivity contribution in [2.75, 3.05) is 49.2 Å². The van der Waals surface area contributed by atoms with Gasteiger partial charge in [0.1, 0.15) is 5.00 Å². The molecular formula is C16H21N5OS. The summed E-state index contributed by atoms with van der Waals surface area (Å²) in [5.41, 5.74) is 8.43. The largest absolute Gasteiger partial charge is 0.389 e. The maximum absolute atomic E-state index is 12.4. The fourth-order valence-electron chi connectivity index (χ4n) is 2.67. The molecule has 7 heteroatoms. The highest BCUT2D eigenvalue weighted by molar-refractivity contribution is 7.19. The minimum Gasteiger partial charge on any atom is -0.389 e. The Bertz CT molecular complexity index is 706. The van der Waals surface area contributed by atoms with Crippen molar-refractivity contribution in [3.8, 4) is 0 Å². The average Bonchev–Trinajstić information content (AvgIpc) is 2.92. The molecule has 6 nitrogen and oxygen atoms in total. The molecule has 0 bridgehead atoms. The van der Waals surface area contributed by atoms with Crippen LogP contribution >= 0.6 is 11.3 Å². The lowest BCUT2D eigenvalue weighted by molar-refractivity contribution is 0.102. The second-order valence-electron chi connectivity index (χ2n) is 5.81. The van der Waals surface area contributed by atoms with Crippen molar-refractivity contribution < 1.29 is 4.79 Å². The van der Waals surface area contributed by atoms with Crippen LogP contribution in [0.2, 0.25) is 0 Å². The molecule has 0 atom stereocenters. The number of hydrogen-bond donors (Lipinski definition) is 2. The molecule has 1 aromatic carbocycles. The summed E-state index contributed by atoms with van der Waals surface area (Å²) < 4.78 is 0. The topological polar surface area (TPSA) is 74.5 Å². The highest BCUT2D eigenvalue weighted by atomic mass is 32.1. The number of piperazine rings is 1. The third-order valence-electron chi connectivity index (χ3n) is 4.07. The van der Waals surface area contributed by atoms with Crippen molar-refractivity contribution in [2.45, 2.75) is 6.92 Å². The molecule has 2 heterocycles. The molecular weight excluding hydrogens is 310 g/mol. The Labute approximate surface area is 139 Å². The SMILES string of the molecule is Cc1cc(N2CCN(C)CC2)ccc1C(=O)Nc1ncc(N)s1. The van der Waals surface area contributed by atoms with Crippen LogP contribution in [0.3, 0.4) is 0 Å². The second kappa shape index (κ2) is 6.55. The smallest absolute Gasteiger partial charge is 0.257 e. The van der Waals surface area contributed by atoms with E-state index in [2.05, 4.69) is 33.2 Å². The number of rotatable bonds is 3. The molecule has 23 heavy (non-hydrogen) atoms. The number of likely N-dealkylation sites (N-methyl/N-ethyl adjacent to an activating group) is 1. The first kappa shape index (κ1) is 15.8. The van der Waals surface area contributed by atoms with E-state index in [-0.39, 0.29) is 5.91 Å². The van der Waals surface area contributed by atoms with Gasteiger partial charge in [0.15, 0.2) is 5.13 Å². The molecule has 1 aliphatic heterocycles. The predicted molar refractivity (Wildman–Crippen MR) is 95.4 cm³/mol. The number of amides is 1. The lowest BCUT2D eigenvalue weighted by Crippen LogP contribution is -2.44. The van der Waals surface area contributed by atoms with E-state index >= 15 is 0 Å². The molecule has 3 rings (SSSR count). The van der Waals surface area contributed by atoms with Gasteiger partial charge >= 0.3 is 0 Å². The van der Waals surface area contributed by atoms with Gasteiger partial charge < -0.3 is 15.5 Å². The number of thiazole rings is 1. The summed E-state index contributed by atoms with van der Waals surface area (Å²) in [6, 6.07) is 5.98. The lowest BCUT2D eigenvalue weighted by atomic mass is 10.1. The van der Waals surface area contributed by atoms with Gasteiger partial charge in [0, 0.05) is 37.4 Å². The highest BCUT2D eigenvalue weighted by Crippen LogP contribution is 2.23. The van der Waals surface area contributed by atoms with Gasteiger partial charge in [-0.25, -0.2) is 4.98 Å². The van der Waals surface area contributed by atoms with Crippen LogP contribution in [-0.4, -0.2) is 49.0 Å². The Hall–Kier alpha value is -2.12. The highest BCUT2D eigenvalue weighted by Gasteiger charge is 2.17. The van der Waals surface area contributed by atoms with E-state index in [0.717, 1.165) is 31.7 Å². The summed E-state index contributed by atoms with van der Waals surface area (Å²) in [6.45, 7) is 6.12. The maximum Gasteiger partial charge on any atom is 0.257 e. The molecule has 0 spiro atoms. The molecule has 1 aliphatic rings. The third-order valence-corrected chi connectivity index (χ3v) is 4.81. The minimum atomic E-state index is -0.151. The number of carbonyl (C=O) groups excluding carboxylic acids is 1. The first-order valence-corrected chi connectivity index (χ1v) is 8.41. The van der Waals surface area contributed by atoms with E-state index in [1.54, 1.807) is 6.20 Å². The molecule has 1 fully saturated rings. The zero-order chi connectivity index (χ0) is 16.4. The summed E-state index contributed by atoms with van der Waals surface area (Å²) in [6.07, 6.45) is 1.55. The Morgan fingerprint density at radius 2 is 2.04 bits per heavy atom. The van der Waals surface area contributed by atoms with Gasteiger partial charge in [0.05, 0.1) is 6.20 Å². The van der Waals surface area contributed by atoms with E-state index in [0.29, 0.717) is 15.7 Å². The van der Waals surface area contributed by atoms with Gasteiger partial charge in [-0.3, -0.25) is 10.1 Å². The number of anilines is 3. The van der Waals surface area contributed by atoms with Crippen LogP contribution < -0.4 is 16.0 Å². The number of nitrogens with one attached hydrogen (secondary N) is 1. The second-order valence-corrected chi connectivity index (χ2v) is 6.87. The third kappa shape index (κ3) is 3.62. The fourth-order valence-corrected chi connectivity index (χ4v) is 3.25. The molecule has 0 radical (unpaired) electrons. The average molecular weight is 331 g/mol. The minimum absolute atomic E-state index is 0.151. The van der Waals surface area contributed by atoms with Crippen molar-refractivity contribution >= 4 is 33.1 Å². The zero-order valence-electron chi connectivity index (χ0n) is 13.4. The van der Waals surface area contributed by atoms with Gasteiger partial charge in [-0.2, -0.15) is 0 Å². The summed E-state index contributed by atoms with van der Waals surface area (Å²) in [5.74, 6) is -0.151. The van der Waals surface area contributed by atoms with Gasteiger partial charge in [-0.1, -0.05) is 11.3 Å². The van der Waals surface area contributed by atoms with Gasteiger partial charge in [0.2, 0.25) is 0 Å². The first-order valence-electron chi connectivity index (χ1n) is 7.60. The number of aryl methyl sites for hydroxylation is 1. The van der Waals surface area contributed by atoms with Gasteiger partial charge in [-0.15, -0.1) is 0 Å². The number of aromatic nitrogens is 1. The Morgan fingerprint density at radius 1 is 1.30 bits per heavy atom. The predicted octanol–water partition coefficient (Wildman–Crippen LogP) is 2.04. The summed E-state index contributed by atoms with van der Waals surface area (Å²) in [7, 11) is 2.14. The maximum atomic E-state index is 12.4. The molecule has 0 saturated carbocycles. The monoisotopic (exact) mass is 331 g/mol. The molecule has 0 aliphatic carbocycles. The number of benzene rings is 1. The molecule has 122 valence electrons. The van der Waals surface area contributed by atoms with Crippen molar-refractivity contribution in [2.24, 2.45) is 0 Å². The summed E-state index contributed by atoms with van der Waals surface area (Å²) >= 11 is 1.26. The molecule has 3 N–H and O–H groups in total. The van der Waals surface area contributed by atoms with Crippen LogP contribution in [0.1, 0.15) is 15.9 Å². The van der Waals surface area contributed by atoms with Crippen molar-refractivity contribution in [1.29, 1.82) is 0 Å². The van der Waals surface area contributed by atoms with E-state index in [9.17, 15) is 4.79 Å². The summed E-state index contributed by atoms with van der Waals surface area (Å²) in [4.78, 5) is 21.1. The van der Waals surface area contributed by atoms with Crippen LogP contribution in [0.4, 0.5) is 15.8 Å². The number of nitrogen functional groups attached to an aromatic ring is 1. The number of hydrogen-bond acceptors (Lipinski definition) is 6. The zero-order valence-corrected chi connectivity index (χ0v) is 14.2. The molecule has 1 saturated heterocycles. The van der Waals surface area contributed by atoms with Gasteiger partial charge in [-0.05, 0) is 37.7 Å². The Balaban J connectivity index is 1.72. The van der Waals surface area contributed by atoms with Crippen LogP contribution in [0.5, 0.6) is 0 Å². The Kier molecular flexibility index (Phi) is 4.49. The first-order chi connectivity index (χ1) is 11.0. The number of carbonyl (C=O) groups is 1.